The molecule has 0 spiro atoms. The quantitative estimate of drug-likeness (QED) is 0.126. The maximum absolute atomic E-state index is 12.5. The number of methoxy groups -OCH3 is 1. The van der Waals surface area contributed by atoms with Crippen LogP contribution in [0.15, 0.2) is 48.5 Å². The van der Waals surface area contributed by atoms with Gasteiger partial charge < -0.3 is 41.2 Å². The number of nitrogens with one attached hydrogen (secondary N) is 4. The summed E-state index contributed by atoms with van der Waals surface area (Å²) in [7, 11) is 1.66. The fourth-order valence-electron chi connectivity index (χ4n) is 4.86. The van der Waals surface area contributed by atoms with Crippen molar-refractivity contribution >= 4 is 23.8 Å². The smallest absolute Gasteiger partial charge is 0.251 e. The number of hydrogen-bond acceptors (Lipinski definition) is 11. The van der Waals surface area contributed by atoms with Gasteiger partial charge in [0.25, 0.3) is 5.91 Å². The van der Waals surface area contributed by atoms with Gasteiger partial charge in [-0.25, -0.2) is 0 Å². The fraction of sp³-hybridized carbons (Fsp3) is 0.500. The highest BCUT2D eigenvalue weighted by Crippen LogP contribution is 2.24. The van der Waals surface area contributed by atoms with Crippen molar-refractivity contribution < 1.29 is 19.0 Å². The fourth-order valence-corrected chi connectivity index (χ4v) is 4.86. The lowest BCUT2D eigenvalue weighted by Crippen LogP contribution is -2.27. The Hall–Kier alpha value is -4.00. The first-order valence-electron chi connectivity index (χ1n) is 15.5. The zero-order valence-corrected chi connectivity index (χ0v) is 25.6. The van der Waals surface area contributed by atoms with Gasteiger partial charge in [0.2, 0.25) is 17.8 Å². The zero-order chi connectivity index (χ0) is 30.8. The predicted octanol–water partition coefficient (Wildman–Crippen LogP) is 3.82. The van der Waals surface area contributed by atoms with Crippen LogP contribution < -0.4 is 31.7 Å². The summed E-state index contributed by atoms with van der Waals surface area (Å²) in [6, 6.07) is 15.3. The van der Waals surface area contributed by atoms with Gasteiger partial charge in [0, 0.05) is 38.3 Å². The first-order chi connectivity index (χ1) is 21.6. The Bertz CT molecular complexity index is 1250. The maximum atomic E-state index is 12.5. The molecule has 6 N–H and O–H groups in total. The van der Waals surface area contributed by atoms with E-state index in [1.165, 1.54) is 32.1 Å². The number of benzene rings is 2. The van der Waals surface area contributed by atoms with Crippen molar-refractivity contribution in [3.63, 3.8) is 0 Å². The topological polar surface area (TPSA) is 158 Å². The molecule has 4 rings (SSSR count). The van der Waals surface area contributed by atoms with Crippen LogP contribution in [0.3, 0.4) is 0 Å². The second kappa shape index (κ2) is 18.6. The lowest BCUT2D eigenvalue weighted by atomic mass is 9.89. The van der Waals surface area contributed by atoms with Crippen LogP contribution in [-0.4, -0.2) is 74.0 Å². The molecule has 1 saturated carbocycles. The number of rotatable bonds is 19. The summed E-state index contributed by atoms with van der Waals surface area (Å²) < 4.78 is 16.0. The SMILES string of the molecule is COc1ccc(CNc2nc(NCc3ccc(C(=O)NCCOCCOCCN)cc3)nc(NCC3CCCCC3)n2)cc1. The van der Waals surface area contributed by atoms with E-state index in [1.807, 2.05) is 36.4 Å². The van der Waals surface area contributed by atoms with E-state index in [-0.39, 0.29) is 5.91 Å². The summed E-state index contributed by atoms with van der Waals surface area (Å²) >= 11 is 0. The Labute approximate surface area is 259 Å². The maximum Gasteiger partial charge on any atom is 0.251 e. The van der Waals surface area contributed by atoms with Crippen LogP contribution in [0.4, 0.5) is 17.8 Å². The molecule has 1 heterocycles. The Morgan fingerprint density at radius 3 is 1.93 bits per heavy atom. The van der Waals surface area contributed by atoms with Crippen molar-refractivity contribution in [3.05, 3.63) is 65.2 Å². The van der Waals surface area contributed by atoms with Crippen LogP contribution in [0.1, 0.15) is 53.6 Å². The van der Waals surface area contributed by atoms with Crippen molar-refractivity contribution in [2.45, 2.75) is 45.2 Å². The number of anilines is 3. The highest BCUT2D eigenvalue weighted by Gasteiger charge is 2.15. The molecule has 3 aromatic rings. The Morgan fingerprint density at radius 1 is 0.773 bits per heavy atom. The molecule has 238 valence electrons. The molecule has 0 saturated heterocycles. The summed E-state index contributed by atoms with van der Waals surface area (Å²) in [5, 5.41) is 12.9. The third kappa shape index (κ3) is 11.6. The molecule has 1 fully saturated rings. The highest BCUT2D eigenvalue weighted by molar-refractivity contribution is 5.94. The van der Waals surface area contributed by atoms with Crippen LogP contribution in [0, 0.1) is 5.92 Å². The molecule has 1 amide bonds. The van der Waals surface area contributed by atoms with Gasteiger partial charge >= 0.3 is 0 Å². The minimum Gasteiger partial charge on any atom is -0.497 e. The molecule has 0 radical (unpaired) electrons. The van der Waals surface area contributed by atoms with Crippen LogP contribution in [0.25, 0.3) is 0 Å². The monoisotopic (exact) mass is 606 g/mol. The number of nitrogens with two attached hydrogens (primary N) is 1. The molecular weight excluding hydrogens is 560 g/mol. The Balaban J connectivity index is 1.29. The molecule has 12 nitrogen and oxygen atoms in total. The Kier molecular flexibility index (Phi) is 13.9. The number of nitrogens with zero attached hydrogens (tertiary/aromatic N) is 3. The van der Waals surface area contributed by atoms with E-state index in [1.54, 1.807) is 19.2 Å². The van der Waals surface area contributed by atoms with Gasteiger partial charge in [0.15, 0.2) is 0 Å². The van der Waals surface area contributed by atoms with Crippen LogP contribution in [-0.2, 0) is 22.6 Å². The summed E-state index contributed by atoms with van der Waals surface area (Å²) in [6.45, 7) is 4.71. The van der Waals surface area contributed by atoms with Crippen LogP contribution >= 0.6 is 0 Å². The van der Waals surface area contributed by atoms with Crippen molar-refractivity contribution in [3.8, 4) is 5.75 Å². The van der Waals surface area contributed by atoms with E-state index < -0.39 is 0 Å². The highest BCUT2D eigenvalue weighted by atomic mass is 16.5. The van der Waals surface area contributed by atoms with Crippen LogP contribution in [0.2, 0.25) is 0 Å². The van der Waals surface area contributed by atoms with Gasteiger partial charge in [-0.05, 0) is 54.2 Å². The minimum atomic E-state index is -0.147. The van der Waals surface area contributed by atoms with E-state index in [4.69, 9.17) is 19.9 Å². The first kappa shape index (κ1) is 32.9. The van der Waals surface area contributed by atoms with Crippen molar-refractivity contribution in [2.75, 3.05) is 69.1 Å². The third-order valence-electron chi connectivity index (χ3n) is 7.35. The van der Waals surface area contributed by atoms with Gasteiger partial charge in [-0.1, -0.05) is 43.5 Å². The summed E-state index contributed by atoms with van der Waals surface area (Å²) in [6.07, 6.45) is 6.36. The second-order valence-corrected chi connectivity index (χ2v) is 10.7. The van der Waals surface area contributed by atoms with E-state index in [2.05, 4.69) is 36.2 Å². The Morgan fingerprint density at radius 2 is 1.34 bits per heavy atom. The zero-order valence-electron chi connectivity index (χ0n) is 25.6. The molecule has 0 bridgehead atoms. The molecule has 1 aliphatic carbocycles. The lowest BCUT2D eigenvalue weighted by molar-refractivity contribution is 0.0511. The first-order valence-corrected chi connectivity index (χ1v) is 15.5. The molecule has 0 unspecified atom stereocenters. The number of amides is 1. The van der Waals surface area contributed by atoms with Crippen LogP contribution in [0.5, 0.6) is 5.75 Å². The number of carbonyl (C=O) groups is 1. The lowest BCUT2D eigenvalue weighted by Gasteiger charge is -2.21. The predicted molar refractivity (Wildman–Crippen MR) is 172 cm³/mol. The van der Waals surface area contributed by atoms with Gasteiger partial charge in [-0.15, -0.1) is 0 Å². The second-order valence-electron chi connectivity index (χ2n) is 10.7. The van der Waals surface area contributed by atoms with E-state index in [9.17, 15) is 4.79 Å². The summed E-state index contributed by atoms with van der Waals surface area (Å²) in [5.74, 6) is 2.81. The number of carbonyl (C=O) groups excluding carboxylic acids is 1. The third-order valence-corrected chi connectivity index (χ3v) is 7.35. The largest absolute Gasteiger partial charge is 0.497 e. The molecule has 0 atom stereocenters. The number of aromatic nitrogens is 3. The average Bonchev–Trinajstić information content (AvgIpc) is 3.07. The normalized spacial score (nSPS) is 13.3. The molecule has 1 aromatic heterocycles. The van der Waals surface area contributed by atoms with E-state index in [0.29, 0.717) is 81.9 Å². The van der Waals surface area contributed by atoms with Gasteiger partial charge in [0.05, 0.1) is 33.5 Å². The molecule has 1 aliphatic rings. The molecule has 0 aliphatic heterocycles. The van der Waals surface area contributed by atoms with Gasteiger partial charge in [-0.3, -0.25) is 4.79 Å². The van der Waals surface area contributed by atoms with Crippen molar-refractivity contribution in [1.82, 2.24) is 20.3 Å². The van der Waals surface area contributed by atoms with E-state index >= 15 is 0 Å². The van der Waals surface area contributed by atoms with E-state index in [0.717, 1.165) is 23.4 Å². The molecular formula is C32H46N8O4. The van der Waals surface area contributed by atoms with Gasteiger partial charge in [0.1, 0.15) is 5.75 Å². The van der Waals surface area contributed by atoms with Crippen molar-refractivity contribution in [2.24, 2.45) is 11.7 Å². The minimum absolute atomic E-state index is 0.147. The molecule has 2 aromatic carbocycles. The summed E-state index contributed by atoms with van der Waals surface area (Å²) in [4.78, 5) is 26.4. The molecule has 12 heteroatoms. The number of hydrogen-bond donors (Lipinski definition) is 5. The van der Waals surface area contributed by atoms with Gasteiger partial charge in [-0.2, -0.15) is 15.0 Å². The number of ether oxygens (including phenoxy) is 3. The van der Waals surface area contributed by atoms with Crippen molar-refractivity contribution in [1.29, 1.82) is 0 Å². The summed E-state index contributed by atoms with van der Waals surface area (Å²) in [5.41, 5.74) is 8.04. The standard InChI is InChI=1S/C32H46N8O4/c1-42-28-13-9-26(10-14-28)23-37-32-39-30(35-21-24-5-3-2-4-6-24)38-31(40-32)36-22-25-7-11-27(12-8-25)29(41)34-16-18-44-20-19-43-17-15-33/h7-14,24H,2-6,15-23,33H2,1H3,(H,34,41)(H3,35,36,37,38,39,40). The average molecular weight is 607 g/mol. The molecule has 44 heavy (non-hydrogen) atoms.